The van der Waals surface area contributed by atoms with Crippen molar-refractivity contribution in [1.29, 1.82) is 0 Å². The Morgan fingerprint density at radius 2 is 0.814 bits per heavy atom. The maximum absolute atomic E-state index is 13.1. The molecule has 4 nitrogen and oxygen atoms in total. The molecule has 0 atom stereocenters. The molecule has 2 aliphatic heterocycles. The second-order valence-corrected chi connectivity index (χ2v) is 11.0. The Morgan fingerprint density at radius 1 is 0.512 bits per heavy atom. The van der Waals surface area contributed by atoms with Crippen LogP contribution in [0.25, 0.3) is 0 Å². The molecule has 2 aromatic rings. The number of rotatable bonds is 8. The molecule has 0 unspecified atom stereocenters. The number of benzene rings is 2. The Kier molecular flexibility index (Phi) is 18.5. The highest BCUT2D eigenvalue weighted by atomic mass is 35.5. The summed E-state index contributed by atoms with van der Waals surface area (Å²) in [6.07, 6.45) is -7.91. The minimum absolute atomic E-state index is 0. The molecule has 2 aliphatic rings. The minimum Gasteiger partial charge on any atom is -0.301 e. The van der Waals surface area contributed by atoms with Crippen LogP contribution in [0.3, 0.4) is 0 Å². The smallest absolute Gasteiger partial charge is 0.301 e. The van der Waals surface area contributed by atoms with Crippen molar-refractivity contribution < 1.29 is 26.3 Å². The van der Waals surface area contributed by atoms with Crippen LogP contribution in [0.1, 0.15) is 28.7 Å². The molecule has 2 fully saturated rings. The van der Waals surface area contributed by atoms with Gasteiger partial charge in [0, 0.05) is 65.4 Å². The fourth-order valence-corrected chi connectivity index (χ4v) is 5.60. The Bertz CT molecular complexity index is 1020. The molecule has 4 rings (SSSR count). The number of piperazine rings is 2. The molecule has 0 bridgehead atoms. The molecule has 2 heterocycles. The van der Waals surface area contributed by atoms with Crippen molar-refractivity contribution in [2.45, 2.75) is 31.9 Å². The largest absolute Gasteiger partial charge is 0.417 e. The number of halogens is 12. The lowest BCUT2D eigenvalue weighted by Crippen LogP contribution is -2.48. The molecule has 16 heteroatoms. The molecule has 2 aromatic carbocycles. The summed E-state index contributed by atoms with van der Waals surface area (Å²) in [4.78, 5) is 9.10. The first-order valence-electron chi connectivity index (χ1n) is 13.0. The van der Waals surface area contributed by atoms with Gasteiger partial charge >= 0.3 is 12.4 Å². The Labute approximate surface area is 283 Å². The van der Waals surface area contributed by atoms with Crippen molar-refractivity contribution >= 4 is 72.8 Å². The van der Waals surface area contributed by atoms with Gasteiger partial charge in [-0.2, -0.15) is 26.3 Å². The van der Waals surface area contributed by atoms with Gasteiger partial charge in [-0.05, 0) is 54.9 Å². The van der Waals surface area contributed by atoms with Gasteiger partial charge in [0.25, 0.3) is 0 Å². The number of alkyl halides is 6. The Morgan fingerprint density at radius 3 is 1.12 bits per heavy atom. The SMILES string of the molecule is Cl.Cl.Cl.Cl.FC(F)(F)c1cc(CN2CCN(CCCN3CCN(Cc4ccc(Cl)c(C(F)(F)F)c4)CC3)CC2)ccc1Cl. The summed E-state index contributed by atoms with van der Waals surface area (Å²) in [6.45, 7) is 9.50. The third kappa shape index (κ3) is 12.7. The van der Waals surface area contributed by atoms with Crippen molar-refractivity contribution in [3.8, 4) is 0 Å². The van der Waals surface area contributed by atoms with E-state index in [1.54, 1.807) is 12.1 Å². The first-order chi connectivity index (χ1) is 18.4. The van der Waals surface area contributed by atoms with E-state index < -0.39 is 23.5 Å². The van der Waals surface area contributed by atoms with E-state index in [1.165, 1.54) is 12.1 Å². The average Bonchev–Trinajstić information content (AvgIpc) is 2.87. The van der Waals surface area contributed by atoms with Gasteiger partial charge < -0.3 is 9.80 Å². The zero-order valence-corrected chi connectivity index (χ0v) is 27.9. The molecule has 0 saturated carbocycles. The van der Waals surface area contributed by atoms with E-state index in [0.29, 0.717) is 24.2 Å². The molecule has 0 aliphatic carbocycles. The highest BCUT2D eigenvalue weighted by Gasteiger charge is 2.34. The fourth-order valence-electron chi connectivity index (χ4n) is 5.15. The van der Waals surface area contributed by atoms with Crippen LogP contribution in [0.15, 0.2) is 36.4 Å². The van der Waals surface area contributed by atoms with Crippen LogP contribution in [0, 0.1) is 0 Å². The lowest BCUT2D eigenvalue weighted by molar-refractivity contribution is -0.138. The monoisotopic (exact) mass is 740 g/mol. The summed E-state index contributed by atoms with van der Waals surface area (Å²) in [5.74, 6) is 0. The molecule has 0 radical (unpaired) electrons. The summed E-state index contributed by atoms with van der Waals surface area (Å²) in [7, 11) is 0. The first-order valence-corrected chi connectivity index (χ1v) is 13.7. The number of nitrogens with zero attached hydrogens (tertiary/aromatic N) is 4. The molecule has 0 spiro atoms. The van der Waals surface area contributed by atoms with Crippen LogP contribution in [0.5, 0.6) is 0 Å². The van der Waals surface area contributed by atoms with Crippen LogP contribution in [0.4, 0.5) is 26.3 Å². The molecular weight excluding hydrogens is 707 g/mol. The quantitative estimate of drug-likeness (QED) is 0.254. The maximum atomic E-state index is 13.1. The van der Waals surface area contributed by atoms with E-state index in [0.717, 1.165) is 84.0 Å². The van der Waals surface area contributed by atoms with Crippen molar-refractivity contribution in [3.05, 3.63) is 68.7 Å². The zero-order chi connectivity index (χ0) is 28.2. The van der Waals surface area contributed by atoms with Crippen molar-refractivity contribution in [2.24, 2.45) is 0 Å². The van der Waals surface area contributed by atoms with Crippen LogP contribution in [-0.4, -0.2) is 85.0 Å². The fraction of sp³-hybridized carbons (Fsp3) is 0.556. The summed E-state index contributed by atoms with van der Waals surface area (Å²) in [5.41, 5.74) is -0.365. The molecular formula is C27H36Cl6F6N4. The third-order valence-electron chi connectivity index (χ3n) is 7.36. The molecule has 0 amide bonds. The van der Waals surface area contributed by atoms with Gasteiger partial charge in [0.2, 0.25) is 0 Å². The van der Waals surface area contributed by atoms with E-state index in [9.17, 15) is 26.3 Å². The highest BCUT2D eigenvalue weighted by molar-refractivity contribution is 6.31. The number of hydrogen-bond acceptors (Lipinski definition) is 4. The van der Waals surface area contributed by atoms with Crippen LogP contribution in [-0.2, 0) is 25.4 Å². The maximum Gasteiger partial charge on any atom is 0.417 e. The molecule has 2 saturated heterocycles. The van der Waals surface area contributed by atoms with E-state index in [1.807, 2.05) is 0 Å². The molecule has 0 N–H and O–H groups in total. The first kappa shape index (κ1) is 42.6. The second-order valence-electron chi connectivity index (χ2n) is 10.2. The lowest BCUT2D eigenvalue weighted by atomic mass is 10.1. The predicted octanol–water partition coefficient (Wildman–Crippen LogP) is 8.04. The van der Waals surface area contributed by atoms with E-state index in [4.69, 9.17) is 23.2 Å². The van der Waals surface area contributed by atoms with Crippen LogP contribution < -0.4 is 0 Å². The van der Waals surface area contributed by atoms with Gasteiger partial charge in [-0.15, -0.1) is 49.6 Å². The lowest BCUT2D eigenvalue weighted by Gasteiger charge is -2.37. The third-order valence-corrected chi connectivity index (χ3v) is 8.02. The van der Waals surface area contributed by atoms with Crippen molar-refractivity contribution in [1.82, 2.24) is 19.6 Å². The van der Waals surface area contributed by atoms with Gasteiger partial charge in [0.1, 0.15) is 0 Å². The summed E-state index contributed by atoms with van der Waals surface area (Å²) >= 11 is 11.5. The zero-order valence-electron chi connectivity index (χ0n) is 23.1. The molecule has 43 heavy (non-hydrogen) atoms. The van der Waals surface area contributed by atoms with E-state index in [-0.39, 0.29) is 59.7 Å². The average molecular weight is 743 g/mol. The highest BCUT2D eigenvalue weighted by Crippen LogP contribution is 2.36. The topological polar surface area (TPSA) is 13.0 Å². The Hall–Kier alpha value is -0.400. The standard InChI is InChI=1S/C27H32Cl2F6N4.4ClH/c28-24-4-2-20(16-22(24)26(30,31)32)18-38-12-8-36(9-13-38)6-1-7-37-10-14-39(15-11-37)19-21-3-5-25(29)23(17-21)27(33,34)35;;;;/h2-5,16-17H,1,6-15,18-19H2;4*1H. The van der Waals surface area contributed by atoms with Gasteiger partial charge in [-0.3, -0.25) is 9.80 Å². The van der Waals surface area contributed by atoms with Crippen LogP contribution in [0.2, 0.25) is 10.0 Å². The van der Waals surface area contributed by atoms with Gasteiger partial charge in [-0.1, -0.05) is 35.3 Å². The Balaban J connectivity index is 0.00000441. The summed E-state index contributed by atoms with van der Waals surface area (Å²) in [6, 6.07) is 8.22. The predicted molar refractivity (Wildman–Crippen MR) is 170 cm³/mol. The van der Waals surface area contributed by atoms with Gasteiger partial charge in [0.15, 0.2) is 0 Å². The van der Waals surface area contributed by atoms with Gasteiger partial charge in [-0.25, -0.2) is 0 Å². The minimum atomic E-state index is -4.46. The van der Waals surface area contributed by atoms with Crippen LogP contribution >= 0.6 is 72.8 Å². The second kappa shape index (κ2) is 18.7. The van der Waals surface area contributed by atoms with Gasteiger partial charge in [0.05, 0.1) is 21.2 Å². The van der Waals surface area contributed by atoms with E-state index >= 15 is 0 Å². The molecule has 248 valence electrons. The number of hydrogen-bond donors (Lipinski definition) is 0. The summed E-state index contributed by atoms with van der Waals surface area (Å²) in [5, 5.41) is -0.558. The molecule has 0 aromatic heterocycles. The van der Waals surface area contributed by atoms with Crippen molar-refractivity contribution in [2.75, 3.05) is 65.4 Å². The summed E-state index contributed by atoms with van der Waals surface area (Å²) < 4.78 is 78.8. The van der Waals surface area contributed by atoms with Crippen molar-refractivity contribution in [3.63, 3.8) is 0 Å². The van der Waals surface area contributed by atoms with E-state index in [2.05, 4.69) is 19.6 Å². The normalized spacial score (nSPS) is 17.3.